The summed E-state index contributed by atoms with van der Waals surface area (Å²) in [5.41, 5.74) is 0. The molecule has 1 rings (SSSR count). The van der Waals surface area contributed by atoms with E-state index in [0.29, 0.717) is 0 Å². The second kappa shape index (κ2) is 2.48. The molecule has 2 atom stereocenters. The molecule has 0 aromatic rings. The molecule has 5 heteroatoms. The summed E-state index contributed by atoms with van der Waals surface area (Å²) in [6.07, 6.45) is -1.36. The van der Waals surface area contributed by atoms with Gasteiger partial charge >= 0.3 is 0 Å². The number of rotatable bonds is 1. The number of hydrogen-bond acceptors (Lipinski definition) is 4. The predicted octanol–water partition coefficient (Wildman–Crippen LogP) is -1.21. The minimum Gasteiger partial charge on any atom is -0.389 e. The molecule has 0 spiro atoms. The topological polar surface area (TPSA) is 63.6 Å². The Bertz CT molecular complexity index is 208. The Morgan fingerprint density at radius 1 is 1.50 bits per heavy atom. The van der Waals surface area contributed by atoms with E-state index in [9.17, 15) is 8.42 Å². The first-order chi connectivity index (χ1) is 4.55. The average Bonchev–Trinajstić information content (AvgIpc) is 2.05. The monoisotopic (exact) mass is 166 g/mol. The Kier molecular flexibility index (Phi) is 1.98. The van der Waals surface area contributed by atoms with Gasteiger partial charge in [-0.1, -0.05) is 0 Å². The number of methoxy groups -OCH3 is 1. The summed E-state index contributed by atoms with van der Waals surface area (Å²) in [5.74, 6) is -0.212. The van der Waals surface area contributed by atoms with Crippen LogP contribution in [0.1, 0.15) is 0 Å². The molecule has 4 nitrogen and oxygen atoms in total. The van der Waals surface area contributed by atoms with Crippen molar-refractivity contribution in [1.29, 1.82) is 0 Å². The van der Waals surface area contributed by atoms with E-state index in [1.807, 2.05) is 0 Å². The van der Waals surface area contributed by atoms with Gasteiger partial charge in [0.2, 0.25) is 0 Å². The fourth-order valence-electron chi connectivity index (χ4n) is 1.02. The Morgan fingerprint density at radius 3 is 2.30 bits per heavy atom. The molecule has 1 aliphatic rings. The summed E-state index contributed by atoms with van der Waals surface area (Å²) >= 11 is 0. The van der Waals surface area contributed by atoms with Gasteiger partial charge in [0.1, 0.15) is 0 Å². The van der Waals surface area contributed by atoms with Gasteiger partial charge in [0.15, 0.2) is 9.84 Å². The van der Waals surface area contributed by atoms with Gasteiger partial charge in [-0.05, 0) is 0 Å². The van der Waals surface area contributed by atoms with Gasteiger partial charge in [-0.3, -0.25) is 0 Å². The summed E-state index contributed by atoms with van der Waals surface area (Å²) in [5, 5.41) is 9.02. The van der Waals surface area contributed by atoms with Gasteiger partial charge in [-0.15, -0.1) is 0 Å². The Hall–Kier alpha value is -0.130. The lowest BCUT2D eigenvalue weighted by Gasteiger charge is -2.08. The van der Waals surface area contributed by atoms with Gasteiger partial charge < -0.3 is 9.84 Å². The van der Waals surface area contributed by atoms with Crippen molar-refractivity contribution in [3.8, 4) is 0 Å². The quantitative estimate of drug-likeness (QED) is 0.531. The molecule has 60 valence electrons. The first-order valence-corrected chi connectivity index (χ1v) is 4.78. The zero-order valence-corrected chi connectivity index (χ0v) is 6.47. The number of aliphatic hydroxyl groups excluding tert-OH is 1. The summed E-state index contributed by atoms with van der Waals surface area (Å²) in [6.45, 7) is 0. The van der Waals surface area contributed by atoms with Crippen LogP contribution in [0.3, 0.4) is 0 Å². The highest BCUT2D eigenvalue weighted by Gasteiger charge is 2.36. The molecular weight excluding hydrogens is 156 g/mol. The fourth-order valence-corrected chi connectivity index (χ4v) is 2.75. The largest absolute Gasteiger partial charge is 0.389 e. The highest BCUT2D eigenvalue weighted by atomic mass is 32.2. The molecule has 0 aromatic carbocycles. The van der Waals surface area contributed by atoms with E-state index in [4.69, 9.17) is 9.84 Å². The fraction of sp³-hybridized carbons (Fsp3) is 1.00. The summed E-state index contributed by atoms with van der Waals surface area (Å²) < 4.78 is 26.3. The van der Waals surface area contributed by atoms with Crippen LogP contribution in [0, 0.1) is 0 Å². The van der Waals surface area contributed by atoms with E-state index in [1.165, 1.54) is 7.11 Å². The molecule has 0 radical (unpaired) electrons. The van der Waals surface area contributed by atoms with Crippen LogP contribution in [0.4, 0.5) is 0 Å². The number of sulfone groups is 1. The lowest BCUT2D eigenvalue weighted by atomic mass is 10.3. The standard InChI is InChI=1S/C5H10O4S/c1-9-5-3-10(7,8)2-4(5)6/h4-6H,2-3H2,1H3/t4-,5-/m0/s1. The molecule has 1 aliphatic heterocycles. The molecule has 0 bridgehead atoms. The second-order valence-electron chi connectivity index (χ2n) is 2.42. The van der Waals surface area contributed by atoms with Crippen molar-refractivity contribution in [3.05, 3.63) is 0 Å². The summed E-state index contributed by atoms with van der Waals surface area (Å²) in [6, 6.07) is 0. The minimum absolute atomic E-state index is 0.0509. The van der Waals surface area contributed by atoms with Crippen molar-refractivity contribution in [2.75, 3.05) is 18.6 Å². The van der Waals surface area contributed by atoms with Crippen molar-refractivity contribution in [3.63, 3.8) is 0 Å². The average molecular weight is 166 g/mol. The molecule has 0 saturated carbocycles. The van der Waals surface area contributed by atoms with Crippen molar-refractivity contribution in [1.82, 2.24) is 0 Å². The molecule has 0 aromatic heterocycles. The first kappa shape index (κ1) is 7.97. The van der Waals surface area contributed by atoms with Crippen LogP contribution >= 0.6 is 0 Å². The second-order valence-corrected chi connectivity index (χ2v) is 4.57. The number of hydrogen-bond donors (Lipinski definition) is 1. The maximum absolute atomic E-state index is 10.8. The normalized spacial score (nSPS) is 38.2. The predicted molar refractivity (Wildman–Crippen MR) is 35.5 cm³/mol. The third-order valence-corrected chi connectivity index (χ3v) is 3.26. The third kappa shape index (κ3) is 1.47. The van der Waals surface area contributed by atoms with Crippen LogP contribution in [0.2, 0.25) is 0 Å². The SMILES string of the molecule is CO[C@H]1CS(=O)(=O)C[C@@H]1O. The van der Waals surface area contributed by atoms with Crippen molar-refractivity contribution in [2.45, 2.75) is 12.2 Å². The molecular formula is C5H10O4S. The van der Waals surface area contributed by atoms with Crippen LogP contribution in [0.25, 0.3) is 0 Å². The van der Waals surface area contributed by atoms with Gasteiger partial charge in [-0.25, -0.2) is 8.42 Å². The van der Waals surface area contributed by atoms with Crippen molar-refractivity contribution in [2.24, 2.45) is 0 Å². The van der Waals surface area contributed by atoms with Crippen LogP contribution in [0.5, 0.6) is 0 Å². The Balaban J connectivity index is 2.71. The van der Waals surface area contributed by atoms with Crippen LogP contribution in [-0.4, -0.2) is 44.3 Å². The van der Waals surface area contributed by atoms with E-state index in [1.54, 1.807) is 0 Å². The molecule has 1 saturated heterocycles. The van der Waals surface area contributed by atoms with Gasteiger partial charge in [-0.2, -0.15) is 0 Å². The van der Waals surface area contributed by atoms with Gasteiger partial charge in [0, 0.05) is 7.11 Å². The maximum Gasteiger partial charge on any atom is 0.155 e. The van der Waals surface area contributed by atoms with Gasteiger partial charge in [0.25, 0.3) is 0 Å². The van der Waals surface area contributed by atoms with E-state index < -0.39 is 22.0 Å². The van der Waals surface area contributed by atoms with E-state index in [-0.39, 0.29) is 11.5 Å². The van der Waals surface area contributed by atoms with E-state index >= 15 is 0 Å². The van der Waals surface area contributed by atoms with Crippen molar-refractivity contribution < 1.29 is 18.3 Å². The lowest BCUT2D eigenvalue weighted by molar-refractivity contribution is 0.0218. The van der Waals surface area contributed by atoms with E-state index in [2.05, 4.69) is 0 Å². The smallest absolute Gasteiger partial charge is 0.155 e. The molecule has 1 heterocycles. The molecule has 0 unspecified atom stereocenters. The van der Waals surface area contributed by atoms with Crippen LogP contribution < -0.4 is 0 Å². The number of ether oxygens (including phenoxy) is 1. The number of aliphatic hydroxyl groups is 1. The minimum atomic E-state index is -3.03. The zero-order chi connectivity index (χ0) is 7.78. The lowest BCUT2D eigenvalue weighted by Crippen LogP contribution is -2.25. The van der Waals surface area contributed by atoms with Gasteiger partial charge in [0.05, 0.1) is 23.7 Å². The van der Waals surface area contributed by atoms with Crippen LogP contribution in [0.15, 0.2) is 0 Å². The van der Waals surface area contributed by atoms with E-state index in [0.717, 1.165) is 0 Å². The molecule has 10 heavy (non-hydrogen) atoms. The zero-order valence-electron chi connectivity index (χ0n) is 5.65. The molecule has 1 fully saturated rings. The summed E-state index contributed by atoms with van der Waals surface area (Å²) in [7, 11) is -1.63. The molecule has 1 N–H and O–H groups in total. The summed E-state index contributed by atoms with van der Waals surface area (Å²) in [4.78, 5) is 0. The molecule has 0 aliphatic carbocycles. The molecule has 0 amide bonds. The van der Waals surface area contributed by atoms with Crippen molar-refractivity contribution >= 4 is 9.84 Å². The third-order valence-electron chi connectivity index (χ3n) is 1.57. The Labute approximate surface area is 59.7 Å². The Morgan fingerprint density at radius 2 is 2.10 bits per heavy atom. The van der Waals surface area contributed by atoms with Crippen LogP contribution in [-0.2, 0) is 14.6 Å². The highest BCUT2D eigenvalue weighted by molar-refractivity contribution is 7.91. The maximum atomic E-state index is 10.8. The first-order valence-electron chi connectivity index (χ1n) is 2.96. The highest BCUT2D eigenvalue weighted by Crippen LogP contribution is 2.14.